The van der Waals surface area contributed by atoms with Crippen molar-refractivity contribution in [2.45, 2.75) is 78.2 Å². The Bertz CT molecular complexity index is 1290. The summed E-state index contributed by atoms with van der Waals surface area (Å²) >= 11 is 1.46. The number of hydrogen-bond donors (Lipinski definition) is 1. The van der Waals surface area contributed by atoms with Crippen LogP contribution in [0.25, 0.3) is 20.3 Å². The molecule has 0 radical (unpaired) electrons. The van der Waals surface area contributed by atoms with Gasteiger partial charge in [0.1, 0.15) is 16.4 Å². The third-order valence-electron chi connectivity index (χ3n) is 6.58. The predicted molar refractivity (Wildman–Crippen MR) is 140 cm³/mol. The SMILES string of the molecule is CCCCc1ccc(O)c2sc3nc(C(CC)CCCC)n(Cc4ccccc4)c(=O)c3c12. The van der Waals surface area contributed by atoms with E-state index in [1.807, 2.05) is 28.8 Å². The van der Waals surface area contributed by atoms with Crippen molar-refractivity contribution in [2.24, 2.45) is 0 Å². The number of rotatable bonds is 10. The van der Waals surface area contributed by atoms with Crippen molar-refractivity contribution in [1.82, 2.24) is 9.55 Å². The summed E-state index contributed by atoms with van der Waals surface area (Å²) in [4.78, 5) is 20.0. The standard InChI is InChI=1S/C28H34N2O2S/c1-4-7-14-20(6-3)26-29-27-24(28(32)30(26)18-19-12-10-9-11-13-19)23-21(15-8-5-2)16-17-22(31)25(23)33-27/h9-13,16-17,20,31H,4-8,14-15,18H2,1-3H3. The number of unbranched alkanes of at least 4 members (excludes halogenated alkanes) is 2. The molecule has 0 saturated carbocycles. The summed E-state index contributed by atoms with van der Waals surface area (Å²) < 4.78 is 2.69. The summed E-state index contributed by atoms with van der Waals surface area (Å²) in [6.07, 6.45) is 7.25. The zero-order chi connectivity index (χ0) is 23.4. The fraction of sp³-hybridized carbons (Fsp3) is 0.429. The quantitative estimate of drug-likeness (QED) is 0.267. The number of aryl methyl sites for hydroxylation is 1. The highest BCUT2D eigenvalue weighted by Crippen LogP contribution is 2.40. The number of aromatic nitrogens is 2. The fourth-order valence-corrected chi connectivity index (χ4v) is 5.83. The van der Waals surface area contributed by atoms with Crippen LogP contribution in [0, 0.1) is 0 Å². The smallest absolute Gasteiger partial charge is 0.263 e. The maximum Gasteiger partial charge on any atom is 0.263 e. The first kappa shape index (κ1) is 23.5. The number of nitrogens with zero attached hydrogens (tertiary/aromatic N) is 2. The topological polar surface area (TPSA) is 55.1 Å². The van der Waals surface area contributed by atoms with Gasteiger partial charge in [-0.1, -0.05) is 76.4 Å². The van der Waals surface area contributed by atoms with Crippen molar-refractivity contribution in [1.29, 1.82) is 0 Å². The Morgan fingerprint density at radius 1 is 1.00 bits per heavy atom. The van der Waals surface area contributed by atoms with Crippen LogP contribution in [-0.2, 0) is 13.0 Å². The van der Waals surface area contributed by atoms with Crippen LogP contribution in [0.15, 0.2) is 47.3 Å². The van der Waals surface area contributed by atoms with Gasteiger partial charge in [0, 0.05) is 11.3 Å². The maximum absolute atomic E-state index is 14.1. The summed E-state index contributed by atoms with van der Waals surface area (Å²) in [5.74, 6) is 1.36. The number of phenols is 1. The van der Waals surface area contributed by atoms with E-state index in [-0.39, 0.29) is 17.2 Å². The molecule has 1 unspecified atom stereocenters. The fourth-order valence-electron chi connectivity index (χ4n) is 4.70. The van der Waals surface area contributed by atoms with E-state index in [2.05, 4.69) is 32.9 Å². The Hall–Kier alpha value is -2.66. The van der Waals surface area contributed by atoms with Crippen molar-refractivity contribution < 1.29 is 5.11 Å². The molecule has 174 valence electrons. The molecule has 5 heteroatoms. The first-order valence-corrected chi connectivity index (χ1v) is 13.1. The third-order valence-corrected chi connectivity index (χ3v) is 7.69. The van der Waals surface area contributed by atoms with Gasteiger partial charge in [-0.25, -0.2) is 4.98 Å². The van der Waals surface area contributed by atoms with Gasteiger partial charge in [-0.3, -0.25) is 9.36 Å². The van der Waals surface area contributed by atoms with Crippen molar-refractivity contribution in [3.05, 3.63) is 69.8 Å². The number of benzene rings is 2. The normalized spacial score (nSPS) is 12.6. The number of thiophene rings is 1. The molecule has 4 nitrogen and oxygen atoms in total. The lowest BCUT2D eigenvalue weighted by atomic mass is 9.97. The van der Waals surface area contributed by atoms with Gasteiger partial charge in [-0.15, -0.1) is 11.3 Å². The minimum atomic E-state index is 0.0170. The van der Waals surface area contributed by atoms with Crippen LogP contribution in [0.5, 0.6) is 5.75 Å². The molecule has 0 spiro atoms. The minimum Gasteiger partial charge on any atom is -0.506 e. The Morgan fingerprint density at radius 3 is 2.45 bits per heavy atom. The van der Waals surface area contributed by atoms with Gasteiger partial charge in [-0.2, -0.15) is 0 Å². The van der Waals surface area contributed by atoms with Gasteiger partial charge < -0.3 is 5.11 Å². The first-order chi connectivity index (χ1) is 16.1. The molecule has 0 aliphatic carbocycles. The van der Waals surface area contributed by atoms with Crippen LogP contribution < -0.4 is 5.56 Å². The van der Waals surface area contributed by atoms with E-state index in [9.17, 15) is 9.90 Å². The molecule has 0 saturated heterocycles. The van der Waals surface area contributed by atoms with E-state index in [4.69, 9.17) is 4.98 Å². The highest BCUT2D eigenvalue weighted by Gasteiger charge is 2.23. The summed E-state index contributed by atoms with van der Waals surface area (Å²) in [6.45, 7) is 7.07. The van der Waals surface area contributed by atoms with E-state index in [0.717, 1.165) is 76.8 Å². The van der Waals surface area contributed by atoms with Gasteiger partial charge in [0.15, 0.2) is 0 Å². The molecule has 0 aliphatic rings. The van der Waals surface area contributed by atoms with E-state index in [1.54, 1.807) is 6.07 Å². The highest BCUT2D eigenvalue weighted by molar-refractivity contribution is 7.25. The van der Waals surface area contributed by atoms with Gasteiger partial charge in [0.05, 0.1) is 16.6 Å². The van der Waals surface area contributed by atoms with Gasteiger partial charge >= 0.3 is 0 Å². The lowest BCUT2D eigenvalue weighted by Crippen LogP contribution is -2.27. The lowest BCUT2D eigenvalue weighted by Gasteiger charge is -2.20. The number of hydrogen-bond acceptors (Lipinski definition) is 4. The monoisotopic (exact) mass is 462 g/mol. The van der Waals surface area contributed by atoms with Gasteiger partial charge in [0.2, 0.25) is 0 Å². The lowest BCUT2D eigenvalue weighted by molar-refractivity contribution is 0.482. The maximum atomic E-state index is 14.1. The van der Waals surface area contributed by atoms with Crippen LogP contribution in [0.3, 0.4) is 0 Å². The Morgan fingerprint density at radius 2 is 1.76 bits per heavy atom. The van der Waals surface area contributed by atoms with E-state index in [1.165, 1.54) is 11.3 Å². The zero-order valence-corrected chi connectivity index (χ0v) is 20.8. The molecule has 1 atom stereocenters. The Kier molecular flexibility index (Phi) is 7.49. The van der Waals surface area contributed by atoms with Crippen molar-refractivity contribution in [3.63, 3.8) is 0 Å². The summed E-state index contributed by atoms with van der Waals surface area (Å²) in [7, 11) is 0. The van der Waals surface area contributed by atoms with Crippen LogP contribution in [0.2, 0.25) is 0 Å². The van der Waals surface area contributed by atoms with Crippen LogP contribution in [0.1, 0.15) is 82.2 Å². The average Bonchev–Trinajstić information content (AvgIpc) is 3.23. The molecule has 0 amide bonds. The molecule has 2 aromatic carbocycles. The number of aromatic hydroxyl groups is 1. The molecule has 2 aromatic heterocycles. The second-order valence-electron chi connectivity index (χ2n) is 8.93. The molecule has 33 heavy (non-hydrogen) atoms. The summed E-state index contributed by atoms with van der Waals surface area (Å²) in [6, 6.07) is 13.9. The molecule has 1 N–H and O–H groups in total. The molecule has 0 aliphatic heterocycles. The molecule has 2 heterocycles. The predicted octanol–water partition coefficient (Wildman–Crippen LogP) is 7.39. The minimum absolute atomic E-state index is 0.0170. The van der Waals surface area contributed by atoms with Crippen LogP contribution in [0.4, 0.5) is 0 Å². The highest BCUT2D eigenvalue weighted by atomic mass is 32.1. The number of phenolic OH excluding ortho intramolecular Hbond substituents is 1. The molecule has 4 rings (SSSR count). The van der Waals surface area contributed by atoms with Crippen molar-refractivity contribution in [3.8, 4) is 5.75 Å². The number of fused-ring (bicyclic) bond motifs is 3. The van der Waals surface area contributed by atoms with Crippen molar-refractivity contribution >= 4 is 31.6 Å². The second-order valence-corrected chi connectivity index (χ2v) is 9.93. The van der Waals surface area contributed by atoms with Crippen LogP contribution >= 0.6 is 11.3 Å². The van der Waals surface area contributed by atoms with Crippen LogP contribution in [-0.4, -0.2) is 14.7 Å². The molecular formula is C28H34N2O2S. The van der Waals surface area contributed by atoms with Gasteiger partial charge in [-0.05, 0) is 42.9 Å². The summed E-state index contributed by atoms with van der Waals surface area (Å²) in [5, 5.41) is 12.2. The van der Waals surface area contributed by atoms with E-state index < -0.39 is 0 Å². The van der Waals surface area contributed by atoms with Gasteiger partial charge in [0.25, 0.3) is 5.56 Å². The molecule has 4 aromatic rings. The Labute approximate surface area is 199 Å². The third kappa shape index (κ3) is 4.70. The first-order valence-electron chi connectivity index (χ1n) is 12.3. The van der Waals surface area contributed by atoms with Crippen molar-refractivity contribution in [2.75, 3.05) is 0 Å². The average molecular weight is 463 g/mol. The van der Waals surface area contributed by atoms with E-state index >= 15 is 0 Å². The largest absolute Gasteiger partial charge is 0.506 e. The molecule has 0 bridgehead atoms. The van der Waals surface area contributed by atoms with E-state index in [0.29, 0.717) is 11.9 Å². The summed E-state index contributed by atoms with van der Waals surface area (Å²) in [5.41, 5.74) is 2.25. The second kappa shape index (κ2) is 10.5. The Balaban J connectivity index is 2.00. The molecule has 0 fully saturated rings. The molecular weight excluding hydrogens is 428 g/mol. The zero-order valence-electron chi connectivity index (χ0n) is 19.9.